The molecule has 0 saturated carbocycles. The van der Waals surface area contributed by atoms with Crippen LogP contribution in [0.15, 0.2) is 28.7 Å². The van der Waals surface area contributed by atoms with E-state index in [1.54, 1.807) is 0 Å². The molecule has 0 amide bonds. The molecule has 2 saturated heterocycles. The minimum absolute atomic E-state index is 0.615. The van der Waals surface area contributed by atoms with Crippen molar-refractivity contribution in [1.82, 2.24) is 10.2 Å². The Morgan fingerprint density at radius 2 is 2.10 bits per heavy atom. The quantitative estimate of drug-likeness (QED) is 0.906. The molecule has 2 aliphatic heterocycles. The molecule has 1 atom stereocenters. The Balaban J connectivity index is 1.59. The number of piperidine rings is 1. The van der Waals surface area contributed by atoms with Gasteiger partial charge in [-0.25, -0.2) is 0 Å². The lowest BCUT2D eigenvalue weighted by molar-refractivity contribution is 0.193. The number of nitrogens with one attached hydrogen (secondary N) is 1. The minimum atomic E-state index is 0.615. The van der Waals surface area contributed by atoms with E-state index in [9.17, 15) is 0 Å². The molecule has 0 aliphatic carbocycles. The summed E-state index contributed by atoms with van der Waals surface area (Å²) >= 11 is 3.58. The van der Waals surface area contributed by atoms with Crippen molar-refractivity contribution in [3.63, 3.8) is 0 Å². The number of benzene rings is 1. The molecule has 3 heteroatoms. The zero-order chi connectivity index (χ0) is 14.0. The smallest absolute Gasteiger partial charge is 0.0178 e. The second-order valence-corrected chi connectivity index (χ2v) is 7.61. The first-order valence-electron chi connectivity index (χ1n) is 7.85. The highest BCUT2D eigenvalue weighted by atomic mass is 79.9. The van der Waals surface area contributed by atoms with Crippen LogP contribution in [0.4, 0.5) is 0 Å². The Labute approximate surface area is 131 Å². The summed E-state index contributed by atoms with van der Waals surface area (Å²) in [6.07, 6.45) is 4.14. The molecule has 1 aromatic rings. The van der Waals surface area contributed by atoms with Crippen LogP contribution in [0, 0.1) is 5.41 Å². The number of hydrogen-bond acceptors (Lipinski definition) is 2. The molecule has 1 aromatic carbocycles. The van der Waals surface area contributed by atoms with Crippen LogP contribution in [-0.4, -0.2) is 37.6 Å². The third kappa shape index (κ3) is 3.26. The van der Waals surface area contributed by atoms with E-state index in [2.05, 4.69) is 57.3 Å². The molecule has 20 heavy (non-hydrogen) atoms. The second kappa shape index (κ2) is 6.17. The average Bonchev–Trinajstić information content (AvgIpc) is 2.82. The molecule has 1 N–H and O–H groups in total. The lowest BCUT2D eigenvalue weighted by Gasteiger charge is -2.34. The molecule has 0 bridgehead atoms. The fourth-order valence-electron chi connectivity index (χ4n) is 3.85. The molecular formula is C17H25BrN2. The summed E-state index contributed by atoms with van der Waals surface area (Å²) in [7, 11) is 0. The Morgan fingerprint density at radius 3 is 2.85 bits per heavy atom. The predicted octanol–water partition coefficient (Wildman–Crippen LogP) is 3.63. The number of likely N-dealkylation sites (tertiary alicyclic amines) is 1. The second-order valence-electron chi connectivity index (χ2n) is 6.69. The normalized spacial score (nSPS) is 24.1. The molecule has 2 fully saturated rings. The third-order valence-corrected chi connectivity index (χ3v) is 5.62. The maximum Gasteiger partial charge on any atom is 0.0178 e. The summed E-state index contributed by atoms with van der Waals surface area (Å²) < 4.78 is 1.19. The van der Waals surface area contributed by atoms with Crippen molar-refractivity contribution in [2.75, 3.05) is 32.7 Å². The maximum atomic E-state index is 3.58. The minimum Gasteiger partial charge on any atom is -0.317 e. The van der Waals surface area contributed by atoms with E-state index in [1.165, 1.54) is 62.0 Å². The molecule has 110 valence electrons. The topological polar surface area (TPSA) is 15.3 Å². The highest BCUT2D eigenvalue weighted by Crippen LogP contribution is 2.39. The first-order chi connectivity index (χ1) is 9.67. The van der Waals surface area contributed by atoms with Crippen molar-refractivity contribution in [1.29, 1.82) is 0 Å². The van der Waals surface area contributed by atoms with Gasteiger partial charge in [0, 0.05) is 17.6 Å². The third-order valence-electron chi connectivity index (χ3n) is 5.13. The largest absolute Gasteiger partial charge is 0.317 e. The molecule has 0 aromatic heterocycles. The van der Waals surface area contributed by atoms with Gasteiger partial charge in [-0.05, 0) is 67.9 Å². The zero-order valence-corrected chi connectivity index (χ0v) is 14.0. The van der Waals surface area contributed by atoms with Crippen molar-refractivity contribution in [2.24, 2.45) is 5.41 Å². The van der Waals surface area contributed by atoms with Crippen LogP contribution in [0.3, 0.4) is 0 Å². The molecule has 2 aliphatic rings. The van der Waals surface area contributed by atoms with Gasteiger partial charge in [0.1, 0.15) is 0 Å². The van der Waals surface area contributed by atoms with Crippen LogP contribution in [0.2, 0.25) is 0 Å². The molecule has 2 heterocycles. The summed E-state index contributed by atoms with van der Waals surface area (Å²) in [6.45, 7) is 8.59. The van der Waals surface area contributed by atoms with Crippen LogP contribution in [-0.2, 0) is 0 Å². The average molecular weight is 337 g/mol. The molecular weight excluding hydrogens is 312 g/mol. The Kier molecular flexibility index (Phi) is 4.49. The SMILES string of the molecule is CC(CN1CCC2(CCNCC2)C1)c1cccc(Br)c1. The highest BCUT2D eigenvalue weighted by molar-refractivity contribution is 9.10. The van der Waals surface area contributed by atoms with Crippen LogP contribution < -0.4 is 5.32 Å². The van der Waals surface area contributed by atoms with Gasteiger partial charge < -0.3 is 10.2 Å². The monoisotopic (exact) mass is 336 g/mol. The summed E-state index contributed by atoms with van der Waals surface area (Å²) in [4.78, 5) is 2.69. The summed E-state index contributed by atoms with van der Waals surface area (Å²) in [5.74, 6) is 0.615. The summed E-state index contributed by atoms with van der Waals surface area (Å²) in [5, 5.41) is 3.50. The number of rotatable bonds is 3. The van der Waals surface area contributed by atoms with E-state index < -0.39 is 0 Å². The summed E-state index contributed by atoms with van der Waals surface area (Å²) in [5.41, 5.74) is 2.08. The van der Waals surface area contributed by atoms with Gasteiger partial charge in [0.2, 0.25) is 0 Å². The molecule has 1 spiro atoms. The van der Waals surface area contributed by atoms with Crippen LogP contribution in [0.25, 0.3) is 0 Å². The van der Waals surface area contributed by atoms with Gasteiger partial charge in [0.05, 0.1) is 0 Å². The summed E-state index contributed by atoms with van der Waals surface area (Å²) in [6, 6.07) is 8.77. The van der Waals surface area contributed by atoms with E-state index in [0.717, 1.165) is 0 Å². The van der Waals surface area contributed by atoms with Crippen LogP contribution in [0.5, 0.6) is 0 Å². The fraction of sp³-hybridized carbons (Fsp3) is 0.647. The van der Waals surface area contributed by atoms with Crippen molar-refractivity contribution in [2.45, 2.75) is 32.1 Å². The highest BCUT2D eigenvalue weighted by Gasteiger charge is 2.38. The number of nitrogens with zero attached hydrogens (tertiary/aromatic N) is 1. The zero-order valence-electron chi connectivity index (χ0n) is 12.4. The van der Waals surface area contributed by atoms with Crippen molar-refractivity contribution in [3.8, 4) is 0 Å². The first-order valence-corrected chi connectivity index (χ1v) is 8.65. The van der Waals surface area contributed by atoms with E-state index in [1.807, 2.05) is 0 Å². The maximum absolute atomic E-state index is 3.58. The van der Waals surface area contributed by atoms with Crippen LogP contribution in [0.1, 0.15) is 37.7 Å². The Morgan fingerprint density at radius 1 is 1.30 bits per heavy atom. The number of hydrogen-bond donors (Lipinski definition) is 1. The standard InChI is InChI=1S/C17H25BrN2/c1-14(15-3-2-4-16(18)11-15)12-20-10-7-17(13-20)5-8-19-9-6-17/h2-4,11,14,19H,5-10,12-13H2,1H3. The Hall–Kier alpha value is -0.380. The van der Waals surface area contributed by atoms with Gasteiger partial charge in [0.15, 0.2) is 0 Å². The number of halogens is 1. The lowest BCUT2D eigenvalue weighted by Crippen LogP contribution is -2.39. The molecule has 0 radical (unpaired) electrons. The molecule has 3 rings (SSSR count). The van der Waals surface area contributed by atoms with Crippen molar-refractivity contribution in [3.05, 3.63) is 34.3 Å². The molecule has 1 unspecified atom stereocenters. The van der Waals surface area contributed by atoms with Gasteiger partial charge in [-0.3, -0.25) is 0 Å². The van der Waals surface area contributed by atoms with Gasteiger partial charge in [-0.2, -0.15) is 0 Å². The van der Waals surface area contributed by atoms with E-state index in [4.69, 9.17) is 0 Å². The van der Waals surface area contributed by atoms with E-state index >= 15 is 0 Å². The van der Waals surface area contributed by atoms with Gasteiger partial charge in [-0.15, -0.1) is 0 Å². The fourth-order valence-corrected chi connectivity index (χ4v) is 4.27. The van der Waals surface area contributed by atoms with Crippen molar-refractivity contribution >= 4 is 15.9 Å². The van der Waals surface area contributed by atoms with Gasteiger partial charge in [0.25, 0.3) is 0 Å². The lowest BCUT2D eigenvalue weighted by atomic mass is 9.78. The van der Waals surface area contributed by atoms with Gasteiger partial charge in [-0.1, -0.05) is 35.0 Å². The Bertz CT molecular complexity index is 454. The van der Waals surface area contributed by atoms with Crippen molar-refractivity contribution < 1.29 is 0 Å². The molecule has 2 nitrogen and oxygen atoms in total. The van der Waals surface area contributed by atoms with E-state index in [-0.39, 0.29) is 0 Å². The first kappa shape index (κ1) is 14.6. The predicted molar refractivity (Wildman–Crippen MR) is 88.2 cm³/mol. The van der Waals surface area contributed by atoms with E-state index in [0.29, 0.717) is 11.3 Å². The van der Waals surface area contributed by atoms with Crippen LogP contribution >= 0.6 is 15.9 Å². The van der Waals surface area contributed by atoms with Gasteiger partial charge >= 0.3 is 0 Å².